The van der Waals surface area contributed by atoms with Crippen LogP contribution in [0.1, 0.15) is 12.5 Å². The van der Waals surface area contributed by atoms with Crippen LogP contribution in [0.25, 0.3) is 11.1 Å². The molecule has 0 atom stereocenters. The molecule has 0 aromatic heterocycles. The van der Waals surface area contributed by atoms with Crippen LogP contribution in [0.5, 0.6) is 0 Å². The Bertz CT molecular complexity index is 518. The molecule has 1 nitrogen and oxygen atoms in total. The first-order valence-corrected chi connectivity index (χ1v) is 6.71. The van der Waals surface area contributed by atoms with Gasteiger partial charge in [0, 0.05) is 16.6 Å². The van der Waals surface area contributed by atoms with Gasteiger partial charge in [-0.25, -0.2) is 0 Å². The maximum atomic E-state index is 6.06. The number of hydrogen-bond donors (Lipinski definition) is 1. The smallest absolute Gasteiger partial charge is 0.0426 e. The number of halogens is 2. The van der Waals surface area contributed by atoms with Gasteiger partial charge in [0.2, 0.25) is 0 Å². The molecular weight excluding hydrogens is 265 g/mol. The highest BCUT2D eigenvalue weighted by Gasteiger charge is 2.06. The van der Waals surface area contributed by atoms with Crippen LogP contribution in [-0.2, 0) is 6.54 Å². The van der Waals surface area contributed by atoms with Gasteiger partial charge in [0.25, 0.3) is 0 Å². The van der Waals surface area contributed by atoms with Gasteiger partial charge >= 0.3 is 0 Å². The van der Waals surface area contributed by atoms with E-state index in [9.17, 15) is 0 Å². The molecule has 2 aromatic carbocycles. The van der Waals surface area contributed by atoms with Crippen molar-refractivity contribution in [2.75, 3.05) is 6.54 Å². The fourth-order valence-electron chi connectivity index (χ4n) is 1.93. The van der Waals surface area contributed by atoms with Crippen molar-refractivity contribution < 1.29 is 0 Å². The molecule has 0 saturated carbocycles. The van der Waals surface area contributed by atoms with Crippen LogP contribution < -0.4 is 5.32 Å². The summed E-state index contributed by atoms with van der Waals surface area (Å²) in [6.07, 6.45) is 0. The van der Waals surface area contributed by atoms with E-state index in [2.05, 4.69) is 24.4 Å². The summed E-state index contributed by atoms with van der Waals surface area (Å²) >= 11 is 12.1. The van der Waals surface area contributed by atoms with Crippen molar-refractivity contribution in [2.45, 2.75) is 13.5 Å². The normalized spacial score (nSPS) is 10.6. The van der Waals surface area contributed by atoms with Gasteiger partial charge in [0.15, 0.2) is 0 Å². The Morgan fingerprint density at radius 3 is 2.33 bits per heavy atom. The van der Waals surface area contributed by atoms with Crippen molar-refractivity contribution in [2.24, 2.45) is 0 Å². The molecule has 2 rings (SSSR count). The SMILES string of the molecule is CCNCc1ccccc1-c1cc(Cl)cc(Cl)c1. The van der Waals surface area contributed by atoms with Crippen molar-refractivity contribution in [1.82, 2.24) is 5.32 Å². The fraction of sp³-hybridized carbons (Fsp3) is 0.200. The van der Waals surface area contributed by atoms with Crippen LogP contribution >= 0.6 is 23.2 Å². The summed E-state index contributed by atoms with van der Waals surface area (Å²) < 4.78 is 0. The minimum absolute atomic E-state index is 0.663. The average molecular weight is 280 g/mol. The van der Waals surface area contributed by atoms with Crippen LogP contribution in [-0.4, -0.2) is 6.54 Å². The number of hydrogen-bond acceptors (Lipinski definition) is 1. The van der Waals surface area contributed by atoms with Gasteiger partial charge in [-0.2, -0.15) is 0 Å². The number of rotatable bonds is 4. The number of benzene rings is 2. The van der Waals surface area contributed by atoms with Crippen molar-refractivity contribution in [3.8, 4) is 11.1 Å². The molecule has 0 heterocycles. The van der Waals surface area contributed by atoms with E-state index in [-0.39, 0.29) is 0 Å². The molecule has 0 fully saturated rings. The molecule has 18 heavy (non-hydrogen) atoms. The summed E-state index contributed by atoms with van der Waals surface area (Å²) in [6, 6.07) is 13.9. The third-order valence-electron chi connectivity index (χ3n) is 2.76. The topological polar surface area (TPSA) is 12.0 Å². The van der Waals surface area contributed by atoms with Gasteiger partial charge in [0.1, 0.15) is 0 Å². The third-order valence-corrected chi connectivity index (χ3v) is 3.19. The van der Waals surface area contributed by atoms with Gasteiger partial charge in [-0.3, -0.25) is 0 Å². The van der Waals surface area contributed by atoms with Crippen LogP contribution in [0.2, 0.25) is 10.0 Å². The van der Waals surface area contributed by atoms with Crippen LogP contribution in [0.3, 0.4) is 0 Å². The highest BCUT2D eigenvalue weighted by atomic mass is 35.5. The lowest BCUT2D eigenvalue weighted by molar-refractivity contribution is 0.728. The molecule has 0 aliphatic carbocycles. The molecule has 0 amide bonds. The molecule has 0 aliphatic heterocycles. The Hall–Kier alpha value is -1.02. The minimum Gasteiger partial charge on any atom is -0.313 e. The van der Waals surface area contributed by atoms with E-state index in [0.717, 1.165) is 18.7 Å². The number of nitrogens with one attached hydrogen (secondary N) is 1. The van der Waals surface area contributed by atoms with E-state index in [1.165, 1.54) is 11.1 Å². The van der Waals surface area contributed by atoms with Crippen molar-refractivity contribution in [1.29, 1.82) is 0 Å². The summed E-state index contributed by atoms with van der Waals surface area (Å²) in [7, 11) is 0. The molecule has 0 aliphatic rings. The second-order valence-electron chi connectivity index (χ2n) is 4.10. The first-order chi connectivity index (χ1) is 8.70. The zero-order valence-corrected chi connectivity index (χ0v) is 11.7. The molecule has 0 bridgehead atoms. The van der Waals surface area contributed by atoms with E-state index in [1.54, 1.807) is 6.07 Å². The summed E-state index contributed by atoms with van der Waals surface area (Å²) in [5.74, 6) is 0. The molecule has 0 unspecified atom stereocenters. The highest BCUT2D eigenvalue weighted by molar-refractivity contribution is 6.35. The second kappa shape index (κ2) is 6.24. The van der Waals surface area contributed by atoms with Gasteiger partial charge in [0.05, 0.1) is 0 Å². The molecule has 0 spiro atoms. The van der Waals surface area contributed by atoms with Crippen molar-refractivity contribution >= 4 is 23.2 Å². The van der Waals surface area contributed by atoms with E-state index in [1.807, 2.05) is 24.3 Å². The zero-order valence-electron chi connectivity index (χ0n) is 10.2. The Balaban J connectivity index is 2.42. The van der Waals surface area contributed by atoms with Crippen LogP contribution in [0.15, 0.2) is 42.5 Å². The second-order valence-corrected chi connectivity index (χ2v) is 4.97. The van der Waals surface area contributed by atoms with E-state index < -0.39 is 0 Å². The van der Waals surface area contributed by atoms with Crippen LogP contribution in [0.4, 0.5) is 0 Å². The van der Waals surface area contributed by atoms with Crippen molar-refractivity contribution in [3.63, 3.8) is 0 Å². The van der Waals surface area contributed by atoms with Gasteiger partial charge < -0.3 is 5.32 Å². The summed E-state index contributed by atoms with van der Waals surface area (Å²) in [5, 5.41) is 4.66. The fourth-order valence-corrected chi connectivity index (χ4v) is 2.45. The zero-order chi connectivity index (χ0) is 13.0. The molecule has 3 heteroatoms. The largest absolute Gasteiger partial charge is 0.313 e. The van der Waals surface area contributed by atoms with Gasteiger partial charge in [-0.15, -0.1) is 0 Å². The minimum atomic E-state index is 0.663. The Labute approximate surface area is 118 Å². The molecular formula is C15H15Cl2N. The first kappa shape index (κ1) is 13.4. The summed E-state index contributed by atoms with van der Waals surface area (Å²) in [5.41, 5.74) is 3.47. The molecule has 1 N–H and O–H groups in total. The standard InChI is InChI=1S/C15H15Cl2N/c1-2-18-10-11-5-3-4-6-15(11)12-7-13(16)9-14(17)8-12/h3-9,18H,2,10H2,1H3. The predicted molar refractivity (Wildman–Crippen MR) is 79.3 cm³/mol. The Morgan fingerprint density at radius 1 is 1.00 bits per heavy atom. The Kier molecular flexibility index (Phi) is 4.65. The van der Waals surface area contributed by atoms with E-state index >= 15 is 0 Å². The molecule has 2 aromatic rings. The molecule has 0 saturated heterocycles. The maximum absolute atomic E-state index is 6.06. The lowest BCUT2D eigenvalue weighted by atomic mass is 10.00. The third kappa shape index (κ3) is 3.26. The quantitative estimate of drug-likeness (QED) is 0.850. The lowest BCUT2D eigenvalue weighted by Crippen LogP contribution is -2.12. The lowest BCUT2D eigenvalue weighted by Gasteiger charge is -2.11. The highest BCUT2D eigenvalue weighted by Crippen LogP contribution is 2.29. The monoisotopic (exact) mass is 279 g/mol. The Morgan fingerprint density at radius 2 is 1.67 bits per heavy atom. The van der Waals surface area contributed by atoms with E-state index in [4.69, 9.17) is 23.2 Å². The van der Waals surface area contributed by atoms with Crippen molar-refractivity contribution in [3.05, 3.63) is 58.1 Å². The first-order valence-electron chi connectivity index (χ1n) is 5.96. The summed E-state index contributed by atoms with van der Waals surface area (Å²) in [6.45, 7) is 3.89. The van der Waals surface area contributed by atoms with Gasteiger partial charge in [-0.1, -0.05) is 54.4 Å². The van der Waals surface area contributed by atoms with E-state index in [0.29, 0.717) is 10.0 Å². The maximum Gasteiger partial charge on any atom is 0.0426 e. The van der Waals surface area contributed by atoms with Crippen LogP contribution in [0, 0.1) is 0 Å². The molecule has 0 radical (unpaired) electrons. The molecule has 94 valence electrons. The summed E-state index contributed by atoms with van der Waals surface area (Å²) in [4.78, 5) is 0. The predicted octanol–water partition coefficient (Wildman–Crippen LogP) is 4.77. The van der Waals surface area contributed by atoms with Gasteiger partial charge in [-0.05, 0) is 41.4 Å². The average Bonchev–Trinajstić information content (AvgIpc) is 2.35.